The maximum absolute atomic E-state index is 12.3. The second-order valence-corrected chi connectivity index (χ2v) is 11.8. The molecule has 2 heterocycles. The Bertz CT molecular complexity index is 916. The largest absolute Gasteiger partial charge is 0.480 e. The van der Waals surface area contributed by atoms with E-state index in [-0.39, 0.29) is 58.8 Å². The molecule has 0 spiro atoms. The SMILES string of the molecule is O=C(O)CN1CCN(CCCOP(=O)(O)OC[C@H]2O[C@@H](O)[C@H](O)[C@@H](O)[C@@H]2O)CCN(CC(=O)O)CCN(CC(=O)O)CC1. The molecule has 1 unspecified atom stereocenters. The van der Waals surface area contributed by atoms with Gasteiger partial charge in [-0.3, -0.25) is 38.1 Å². The number of phosphoric ester groups is 1. The van der Waals surface area contributed by atoms with Crippen LogP contribution >= 0.6 is 7.82 Å². The van der Waals surface area contributed by atoms with Crippen molar-refractivity contribution in [3.8, 4) is 0 Å². The van der Waals surface area contributed by atoms with Gasteiger partial charge in [0.05, 0.1) is 32.8 Å². The van der Waals surface area contributed by atoms with Crippen LogP contribution in [0.3, 0.4) is 0 Å². The van der Waals surface area contributed by atoms with Gasteiger partial charge in [-0.25, -0.2) is 4.57 Å². The molecular weight excluding hydrogens is 603 g/mol. The topological polar surface area (TPSA) is 271 Å². The minimum absolute atomic E-state index is 0.227. The van der Waals surface area contributed by atoms with E-state index in [9.17, 15) is 59.6 Å². The molecule has 2 rings (SSSR count). The number of carboxylic acid groups (broad SMARTS) is 3. The number of phosphoric acid groups is 1. The maximum atomic E-state index is 12.3. The van der Waals surface area contributed by atoms with Crippen molar-refractivity contribution in [2.24, 2.45) is 0 Å². The zero-order valence-electron chi connectivity index (χ0n) is 23.7. The van der Waals surface area contributed by atoms with Gasteiger partial charge in [-0.1, -0.05) is 0 Å². The fraction of sp³-hybridized carbons (Fsp3) is 0.870. The summed E-state index contributed by atoms with van der Waals surface area (Å²) in [5.41, 5.74) is 0. The molecule has 2 aliphatic rings. The van der Waals surface area contributed by atoms with Crippen LogP contribution in [-0.4, -0.2) is 201 Å². The lowest BCUT2D eigenvalue weighted by Gasteiger charge is -2.38. The van der Waals surface area contributed by atoms with Gasteiger partial charge in [-0.15, -0.1) is 0 Å². The lowest BCUT2D eigenvalue weighted by molar-refractivity contribution is -0.285. The third-order valence-corrected chi connectivity index (χ3v) is 7.95. The van der Waals surface area contributed by atoms with Crippen molar-refractivity contribution >= 4 is 25.7 Å². The number of carbonyl (C=O) groups is 3. The zero-order valence-corrected chi connectivity index (χ0v) is 24.6. The summed E-state index contributed by atoms with van der Waals surface area (Å²) < 4.78 is 27.0. The molecule has 250 valence electrons. The highest BCUT2D eigenvalue weighted by Crippen LogP contribution is 2.43. The van der Waals surface area contributed by atoms with Crippen LogP contribution in [0.25, 0.3) is 0 Å². The van der Waals surface area contributed by atoms with Crippen LogP contribution in [0, 0.1) is 0 Å². The van der Waals surface area contributed by atoms with Crippen molar-refractivity contribution in [3.63, 3.8) is 0 Å². The Morgan fingerprint density at radius 3 is 1.51 bits per heavy atom. The average molecular weight is 647 g/mol. The third-order valence-electron chi connectivity index (χ3n) is 6.97. The standard InChI is InChI=1S/C23H43N4O15P/c28-17(29)12-25-5-3-24(4-6-26(13-18(30)31)8-10-27(9-7-25)14-19(32)33)2-1-11-40-43(38,39)41-15-16-20(34)21(35)22(36)23(37)42-16/h16,20-23,34-37H,1-15H2,(H,28,29)(H,30,31)(H,32,33)(H,38,39)/t16-,20-,21+,22-,23-/m1/s1. The molecule has 2 aliphatic heterocycles. The predicted octanol–water partition coefficient (Wildman–Crippen LogP) is -4.21. The second kappa shape index (κ2) is 18.2. The van der Waals surface area contributed by atoms with E-state index in [4.69, 9.17) is 13.8 Å². The Morgan fingerprint density at radius 2 is 1.09 bits per heavy atom. The summed E-state index contributed by atoms with van der Waals surface area (Å²) in [6.07, 6.45) is -8.27. The number of aliphatic hydroxyl groups excluding tert-OH is 4. The summed E-state index contributed by atoms with van der Waals surface area (Å²) in [4.78, 5) is 51.0. The summed E-state index contributed by atoms with van der Waals surface area (Å²) in [7, 11) is -4.65. The fourth-order valence-corrected chi connectivity index (χ4v) is 5.36. The Kier molecular flexibility index (Phi) is 15.8. The second-order valence-electron chi connectivity index (χ2n) is 10.3. The van der Waals surface area contributed by atoms with Gasteiger partial charge >= 0.3 is 25.7 Å². The number of hydrogen-bond acceptors (Lipinski definition) is 15. The Labute approximate surface area is 248 Å². The highest BCUT2D eigenvalue weighted by atomic mass is 31.2. The van der Waals surface area contributed by atoms with Gasteiger partial charge in [0.25, 0.3) is 0 Å². The first kappa shape index (κ1) is 37.3. The molecular formula is C23H43N4O15P. The summed E-state index contributed by atoms with van der Waals surface area (Å²) in [6, 6.07) is 0. The number of ether oxygens (including phenoxy) is 1. The molecule has 19 nitrogen and oxygen atoms in total. The number of carboxylic acids is 3. The molecule has 0 bridgehead atoms. The highest BCUT2D eigenvalue weighted by molar-refractivity contribution is 7.47. The van der Waals surface area contributed by atoms with Crippen molar-refractivity contribution in [3.05, 3.63) is 0 Å². The maximum Gasteiger partial charge on any atom is 0.472 e. The summed E-state index contributed by atoms with van der Waals surface area (Å²) in [6.45, 7) is 0.983. The summed E-state index contributed by atoms with van der Waals surface area (Å²) in [5.74, 6) is -3.14. The van der Waals surface area contributed by atoms with Gasteiger partial charge in [0, 0.05) is 58.9 Å². The first-order valence-electron chi connectivity index (χ1n) is 13.7. The molecule has 0 amide bonds. The molecule has 2 fully saturated rings. The average Bonchev–Trinajstić information content (AvgIpc) is 2.91. The molecule has 6 atom stereocenters. The fourth-order valence-electron chi connectivity index (χ4n) is 4.59. The number of hydrogen-bond donors (Lipinski definition) is 8. The highest BCUT2D eigenvalue weighted by Gasteiger charge is 2.44. The molecule has 43 heavy (non-hydrogen) atoms. The number of rotatable bonds is 14. The Balaban J connectivity index is 1.94. The summed E-state index contributed by atoms with van der Waals surface area (Å²) in [5, 5.41) is 66.6. The number of aliphatic hydroxyl groups is 4. The van der Waals surface area contributed by atoms with Gasteiger partial charge in [0.2, 0.25) is 0 Å². The molecule has 2 saturated heterocycles. The number of nitrogens with zero attached hydrogens (tertiary/aromatic N) is 4. The molecule has 0 aromatic carbocycles. The van der Waals surface area contributed by atoms with Gasteiger partial charge in [-0.2, -0.15) is 0 Å². The van der Waals surface area contributed by atoms with Crippen molar-refractivity contribution in [2.45, 2.75) is 37.1 Å². The molecule has 20 heteroatoms. The monoisotopic (exact) mass is 646 g/mol. The van der Waals surface area contributed by atoms with E-state index < -0.39 is 63.0 Å². The van der Waals surface area contributed by atoms with Crippen LogP contribution in [0.1, 0.15) is 6.42 Å². The van der Waals surface area contributed by atoms with Gasteiger partial charge < -0.3 is 50.3 Å². The van der Waals surface area contributed by atoms with E-state index in [1.807, 2.05) is 4.90 Å². The quantitative estimate of drug-likeness (QED) is 0.0656. The third kappa shape index (κ3) is 14.2. The zero-order chi connectivity index (χ0) is 32.2. The van der Waals surface area contributed by atoms with Crippen molar-refractivity contribution in [2.75, 3.05) is 91.8 Å². The van der Waals surface area contributed by atoms with E-state index in [1.165, 1.54) is 0 Å². The normalized spacial score (nSPS) is 29.3. The van der Waals surface area contributed by atoms with Crippen molar-refractivity contribution in [1.29, 1.82) is 0 Å². The lowest BCUT2D eigenvalue weighted by atomic mass is 10.00. The molecule has 0 aliphatic carbocycles. The van der Waals surface area contributed by atoms with E-state index in [0.717, 1.165) is 0 Å². The van der Waals surface area contributed by atoms with Gasteiger partial charge in [-0.05, 0) is 6.42 Å². The number of aliphatic carboxylic acids is 3. The van der Waals surface area contributed by atoms with Crippen LogP contribution in [0.5, 0.6) is 0 Å². The van der Waals surface area contributed by atoms with Crippen LogP contribution in [0.2, 0.25) is 0 Å². The summed E-state index contributed by atoms with van der Waals surface area (Å²) >= 11 is 0. The van der Waals surface area contributed by atoms with E-state index in [2.05, 4.69) is 0 Å². The van der Waals surface area contributed by atoms with Crippen LogP contribution in [-0.2, 0) is 32.7 Å². The Morgan fingerprint density at radius 1 is 0.674 bits per heavy atom. The molecule has 0 aromatic rings. The first-order chi connectivity index (χ1) is 20.2. The molecule has 0 saturated carbocycles. The first-order valence-corrected chi connectivity index (χ1v) is 15.2. The van der Waals surface area contributed by atoms with E-state index in [0.29, 0.717) is 32.7 Å². The van der Waals surface area contributed by atoms with Crippen molar-refractivity contribution < 1.29 is 73.4 Å². The van der Waals surface area contributed by atoms with Crippen LogP contribution in [0.15, 0.2) is 0 Å². The minimum Gasteiger partial charge on any atom is -0.480 e. The van der Waals surface area contributed by atoms with Crippen molar-refractivity contribution in [1.82, 2.24) is 19.6 Å². The van der Waals surface area contributed by atoms with E-state index >= 15 is 0 Å². The van der Waals surface area contributed by atoms with E-state index in [1.54, 1.807) is 14.7 Å². The molecule has 0 aromatic heterocycles. The predicted molar refractivity (Wildman–Crippen MR) is 144 cm³/mol. The van der Waals surface area contributed by atoms with Crippen LogP contribution < -0.4 is 0 Å². The lowest BCUT2D eigenvalue weighted by Crippen LogP contribution is -2.58. The Hall–Kier alpha value is -1.84. The van der Waals surface area contributed by atoms with Crippen LogP contribution in [0.4, 0.5) is 0 Å². The van der Waals surface area contributed by atoms with Gasteiger partial charge in [0.15, 0.2) is 6.29 Å². The smallest absolute Gasteiger partial charge is 0.472 e. The molecule has 8 N–H and O–H groups in total. The minimum atomic E-state index is -4.65. The van der Waals surface area contributed by atoms with Gasteiger partial charge in [0.1, 0.15) is 24.4 Å². The molecule has 0 radical (unpaired) electrons.